The Morgan fingerprint density at radius 2 is 1.93 bits per heavy atom. The molecule has 15 heavy (non-hydrogen) atoms. The molecule has 0 fully saturated rings. The van der Waals surface area contributed by atoms with Crippen LogP contribution in [0.25, 0.3) is 10.9 Å². The molecule has 1 aromatic carbocycles. The van der Waals surface area contributed by atoms with Crippen LogP contribution in [0.15, 0.2) is 24.3 Å². The minimum atomic E-state index is 0.0895. The molecule has 0 saturated carbocycles. The van der Waals surface area contributed by atoms with Gasteiger partial charge in [0.25, 0.3) is 0 Å². The molecule has 4 heteroatoms. The van der Waals surface area contributed by atoms with Crippen LogP contribution in [0, 0.1) is 0 Å². The molecule has 0 bridgehead atoms. The van der Waals surface area contributed by atoms with Gasteiger partial charge in [0.2, 0.25) is 0 Å². The Morgan fingerprint density at radius 3 is 2.67 bits per heavy atom. The summed E-state index contributed by atoms with van der Waals surface area (Å²) in [6, 6.07) is 7.27. The second-order valence-corrected chi connectivity index (χ2v) is 3.98. The van der Waals surface area contributed by atoms with E-state index in [9.17, 15) is 0 Å². The molecule has 0 atom stereocenters. The van der Waals surface area contributed by atoms with Crippen molar-refractivity contribution in [3.05, 3.63) is 40.0 Å². The molecular formula is C11H9Cl2NO. The van der Waals surface area contributed by atoms with Crippen molar-refractivity contribution in [2.75, 3.05) is 6.61 Å². The summed E-state index contributed by atoms with van der Waals surface area (Å²) in [5.74, 6) is 0. The molecule has 0 unspecified atom stereocenters. The van der Waals surface area contributed by atoms with Gasteiger partial charge in [-0.2, -0.15) is 0 Å². The molecular weight excluding hydrogens is 233 g/mol. The van der Waals surface area contributed by atoms with E-state index in [0.717, 1.165) is 16.5 Å². The van der Waals surface area contributed by atoms with Crippen LogP contribution in [-0.2, 0) is 6.42 Å². The monoisotopic (exact) mass is 241 g/mol. The van der Waals surface area contributed by atoms with Crippen molar-refractivity contribution in [3.63, 3.8) is 0 Å². The number of fused-ring (bicyclic) bond motifs is 1. The summed E-state index contributed by atoms with van der Waals surface area (Å²) in [6.45, 7) is 0.0895. The summed E-state index contributed by atoms with van der Waals surface area (Å²) in [5, 5.41) is 10.8. The van der Waals surface area contributed by atoms with Crippen molar-refractivity contribution in [1.82, 2.24) is 4.98 Å². The number of aliphatic hydroxyl groups is 1. The Labute approximate surface area is 97.5 Å². The SMILES string of the molecule is OCCc1ccc2nc(Cl)ccc2c1Cl. The molecule has 0 saturated heterocycles. The second kappa shape index (κ2) is 4.35. The Kier molecular flexibility index (Phi) is 3.10. The van der Waals surface area contributed by atoms with Crippen LogP contribution in [0.2, 0.25) is 10.2 Å². The van der Waals surface area contributed by atoms with Crippen LogP contribution in [0.1, 0.15) is 5.56 Å². The molecule has 1 aromatic heterocycles. The molecule has 2 aromatic rings. The van der Waals surface area contributed by atoms with Gasteiger partial charge in [0, 0.05) is 12.0 Å². The Bertz CT molecular complexity index is 499. The average Bonchev–Trinajstić information content (AvgIpc) is 2.22. The highest BCUT2D eigenvalue weighted by molar-refractivity contribution is 6.36. The maximum atomic E-state index is 8.86. The number of rotatable bonds is 2. The van der Waals surface area contributed by atoms with Crippen molar-refractivity contribution in [2.24, 2.45) is 0 Å². The maximum Gasteiger partial charge on any atom is 0.129 e. The standard InChI is InChI=1S/C11H9Cl2NO/c12-10-4-2-8-9(14-10)3-1-7(5-6-15)11(8)13/h1-4,15H,5-6H2. The van der Waals surface area contributed by atoms with E-state index in [1.54, 1.807) is 6.07 Å². The van der Waals surface area contributed by atoms with Crippen molar-refractivity contribution in [3.8, 4) is 0 Å². The van der Waals surface area contributed by atoms with Gasteiger partial charge in [0.05, 0.1) is 10.5 Å². The third kappa shape index (κ3) is 2.07. The summed E-state index contributed by atoms with van der Waals surface area (Å²) >= 11 is 12.0. The van der Waals surface area contributed by atoms with Gasteiger partial charge >= 0.3 is 0 Å². The zero-order chi connectivity index (χ0) is 10.8. The Balaban J connectivity index is 2.63. The first-order valence-corrected chi connectivity index (χ1v) is 5.32. The van der Waals surface area contributed by atoms with Gasteiger partial charge in [-0.25, -0.2) is 4.98 Å². The van der Waals surface area contributed by atoms with Crippen molar-refractivity contribution < 1.29 is 5.11 Å². The fourth-order valence-electron chi connectivity index (χ4n) is 1.50. The number of halogens is 2. The molecule has 1 N–H and O–H groups in total. The van der Waals surface area contributed by atoms with Crippen LogP contribution < -0.4 is 0 Å². The van der Waals surface area contributed by atoms with Crippen molar-refractivity contribution in [1.29, 1.82) is 0 Å². The normalized spacial score (nSPS) is 10.9. The summed E-state index contributed by atoms with van der Waals surface area (Å²) in [4.78, 5) is 4.16. The van der Waals surface area contributed by atoms with Crippen LogP contribution in [0.3, 0.4) is 0 Å². The zero-order valence-corrected chi connectivity index (χ0v) is 9.39. The summed E-state index contributed by atoms with van der Waals surface area (Å²) in [7, 11) is 0. The lowest BCUT2D eigenvalue weighted by molar-refractivity contribution is 0.299. The third-order valence-electron chi connectivity index (χ3n) is 2.23. The number of benzene rings is 1. The molecule has 0 aliphatic carbocycles. The first-order chi connectivity index (χ1) is 7.22. The minimum absolute atomic E-state index is 0.0895. The fourth-order valence-corrected chi connectivity index (χ4v) is 1.97. The summed E-state index contributed by atoms with van der Waals surface area (Å²) in [6.07, 6.45) is 0.553. The topological polar surface area (TPSA) is 33.1 Å². The van der Waals surface area contributed by atoms with Crippen LogP contribution >= 0.6 is 23.2 Å². The van der Waals surface area contributed by atoms with Gasteiger partial charge in [-0.1, -0.05) is 29.3 Å². The molecule has 2 rings (SSSR count). The third-order valence-corrected chi connectivity index (χ3v) is 2.89. The largest absolute Gasteiger partial charge is 0.396 e. The first kappa shape index (κ1) is 10.7. The minimum Gasteiger partial charge on any atom is -0.396 e. The molecule has 0 spiro atoms. The number of pyridine rings is 1. The van der Waals surface area contributed by atoms with Gasteiger partial charge in [-0.15, -0.1) is 0 Å². The predicted octanol–water partition coefficient (Wildman–Crippen LogP) is 3.08. The molecule has 0 aliphatic rings. The van der Waals surface area contributed by atoms with Crippen molar-refractivity contribution >= 4 is 34.1 Å². The van der Waals surface area contributed by atoms with E-state index in [4.69, 9.17) is 28.3 Å². The number of nitrogens with zero attached hydrogens (tertiary/aromatic N) is 1. The lowest BCUT2D eigenvalue weighted by Gasteiger charge is -2.05. The smallest absolute Gasteiger partial charge is 0.129 e. The molecule has 1 heterocycles. The number of hydrogen-bond acceptors (Lipinski definition) is 2. The number of aromatic nitrogens is 1. The number of aliphatic hydroxyl groups excluding tert-OH is 1. The van der Waals surface area contributed by atoms with E-state index >= 15 is 0 Å². The molecule has 0 amide bonds. The average molecular weight is 242 g/mol. The van der Waals surface area contributed by atoms with E-state index in [0.29, 0.717) is 16.6 Å². The fraction of sp³-hybridized carbons (Fsp3) is 0.182. The highest BCUT2D eigenvalue weighted by Gasteiger charge is 2.06. The Hall–Kier alpha value is -0.830. The molecule has 0 aliphatic heterocycles. The van der Waals surface area contributed by atoms with E-state index in [1.807, 2.05) is 18.2 Å². The highest BCUT2D eigenvalue weighted by atomic mass is 35.5. The van der Waals surface area contributed by atoms with Crippen LogP contribution in [0.4, 0.5) is 0 Å². The second-order valence-electron chi connectivity index (χ2n) is 3.21. The van der Waals surface area contributed by atoms with E-state index in [2.05, 4.69) is 4.98 Å². The van der Waals surface area contributed by atoms with Gasteiger partial charge in [0.1, 0.15) is 5.15 Å². The number of hydrogen-bond donors (Lipinski definition) is 1. The van der Waals surface area contributed by atoms with E-state index in [1.165, 1.54) is 0 Å². The van der Waals surface area contributed by atoms with Crippen LogP contribution in [-0.4, -0.2) is 16.7 Å². The maximum absolute atomic E-state index is 8.86. The lowest BCUT2D eigenvalue weighted by Crippen LogP contribution is -1.93. The summed E-state index contributed by atoms with van der Waals surface area (Å²) < 4.78 is 0. The molecule has 2 nitrogen and oxygen atoms in total. The highest BCUT2D eigenvalue weighted by Crippen LogP contribution is 2.27. The van der Waals surface area contributed by atoms with Gasteiger partial charge < -0.3 is 5.11 Å². The quantitative estimate of drug-likeness (QED) is 0.821. The first-order valence-electron chi connectivity index (χ1n) is 4.57. The lowest BCUT2D eigenvalue weighted by atomic mass is 10.1. The molecule has 78 valence electrons. The van der Waals surface area contributed by atoms with E-state index < -0.39 is 0 Å². The predicted molar refractivity (Wildman–Crippen MR) is 62.6 cm³/mol. The van der Waals surface area contributed by atoms with Gasteiger partial charge in [-0.3, -0.25) is 0 Å². The zero-order valence-electron chi connectivity index (χ0n) is 7.87. The van der Waals surface area contributed by atoms with E-state index in [-0.39, 0.29) is 6.61 Å². The van der Waals surface area contributed by atoms with Crippen molar-refractivity contribution in [2.45, 2.75) is 6.42 Å². The summed E-state index contributed by atoms with van der Waals surface area (Å²) in [5.41, 5.74) is 1.70. The van der Waals surface area contributed by atoms with Crippen LogP contribution in [0.5, 0.6) is 0 Å². The van der Waals surface area contributed by atoms with Gasteiger partial charge in [0.15, 0.2) is 0 Å². The molecule has 0 radical (unpaired) electrons. The Morgan fingerprint density at radius 1 is 1.13 bits per heavy atom. The van der Waals surface area contributed by atoms with Gasteiger partial charge in [-0.05, 0) is 30.2 Å².